The predicted octanol–water partition coefficient (Wildman–Crippen LogP) is 3.09. The molecule has 2 aromatic carbocycles. The van der Waals surface area contributed by atoms with Crippen molar-refractivity contribution >= 4 is 33.6 Å². The lowest BCUT2D eigenvalue weighted by molar-refractivity contribution is 0.0587. The van der Waals surface area contributed by atoms with Crippen LogP contribution in [0.1, 0.15) is 56.8 Å². The molecule has 0 spiro atoms. The summed E-state index contributed by atoms with van der Waals surface area (Å²) in [5.74, 6) is -1.58. The minimum absolute atomic E-state index is 0.0321. The van der Waals surface area contributed by atoms with Gasteiger partial charge >= 0.3 is 11.9 Å². The third-order valence-electron chi connectivity index (χ3n) is 5.70. The van der Waals surface area contributed by atoms with Gasteiger partial charge in [0, 0.05) is 13.1 Å². The van der Waals surface area contributed by atoms with Gasteiger partial charge in [0.2, 0.25) is 0 Å². The van der Waals surface area contributed by atoms with Crippen LogP contribution >= 0.6 is 0 Å². The maximum atomic E-state index is 13.3. The molecule has 0 saturated carbocycles. The van der Waals surface area contributed by atoms with Crippen molar-refractivity contribution in [3.05, 3.63) is 53.1 Å². The van der Waals surface area contributed by atoms with Gasteiger partial charge in [-0.15, -0.1) is 0 Å². The second-order valence-corrected chi connectivity index (χ2v) is 9.60. The van der Waals surface area contributed by atoms with E-state index in [1.54, 1.807) is 4.90 Å². The number of nitrogens with one attached hydrogen (secondary N) is 1. The number of carbonyl (C=O) groups is 3. The number of esters is 2. The lowest BCUT2D eigenvalue weighted by Crippen LogP contribution is -2.32. The molecule has 1 aliphatic rings. The zero-order valence-electron chi connectivity index (χ0n) is 19.8. The number of sulfonamides is 1. The van der Waals surface area contributed by atoms with Crippen molar-refractivity contribution in [2.45, 2.75) is 30.6 Å². The first kappa shape index (κ1) is 26.0. The van der Waals surface area contributed by atoms with E-state index in [0.29, 0.717) is 13.1 Å². The van der Waals surface area contributed by atoms with E-state index in [0.717, 1.165) is 32.8 Å². The lowest BCUT2D eigenvalue weighted by atomic mass is 10.1. The quantitative estimate of drug-likeness (QED) is 0.570. The van der Waals surface area contributed by atoms with E-state index in [2.05, 4.69) is 9.46 Å². The Hall–Kier alpha value is -3.60. The molecule has 0 bridgehead atoms. The Balaban J connectivity index is 2.01. The van der Waals surface area contributed by atoms with Crippen molar-refractivity contribution in [2.24, 2.45) is 0 Å². The molecule has 0 radical (unpaired) electrons. The number of methoxy groups -OCH3 is 3. The summed E-state index contributed by atoms with van der Waals surface area (Å²) in [7, 11) is -0.544. The van der Waals surface area contributed by atoms with Crippen LogP contribution in [-0.4, -0.2) is 65.6 Å². The van der Waals surface area contributed by atoms with E-state index in [4.69, 9.17) is 9.47 Å². The Labute approximate surface area is 204 Å². The molecule has 11 heteroatoms. The number of amides is 1. The summed E-state index contributed by atoms with van der Waals surface area (Å²) >= 11 is 0. The van der Waals surface area contributed by atoms with Gasteiger partial charge in [0.05, 0.1) is 48.6 Å². The van der Waals surface area contributed by atoms with Gasteiger partial charge in [-0.1, -0.05) is 12.8 Å². The summed E-state index contributed by atoms with van der Waals surface area (Å²) in [4.78, 5) is 38.9. The number of nitrogens with zero attached hydrogens (tertiary/aromatic N) is 1. The van der Waals surface area contributed by atoms with Crippen molar-refractivity contribution in [3.63, 3.8) is 0 Å². The van der Waals surface area contributed by atoms with Crippen LogP contribution in [0.3, 0.4) is 0 Å². The van der Waals surface area contributed by atoms with Gasteiger partial charge in [-0.25, -0.2) is 18.0 Å². The first-order valence-electron chi connectivity index (χ1n) is 11.0. The number of ether oxygens (including phenoxy) is 3. The van der Waals surface area contributed by atoms with Crippen LogP contribution < -0.4 is 9.46 Å². The molecule has 10 nitrogen and oxygen atoms in total. The molecular weight excluding hydrogens is 476 g/mol. The summed E-state index contributed by atoms with van der Waals surface area (Å²) in [6, 6.07) is 7.71. The SMILES string of the molecule is COC(=O)c1ccc(C(=O)OC)c(NS(=O)(=O)c2ccc(OC)c(C(=O)N3CCCCCC3)c2)c1. The minimum atomic E-state index is -4.28. The first-order valence-corrected chi connectivity index (χ1v) is 12.5. The van der Waals surface area contributed by atoms with E-state index >= 15 is 0 Å². The predicted molar refractivity (Wildman–Crippen MR) is 127 cm³/mol. The van der Waals surface area contributed by atoms with Gasteiger partial charge in [0.1, 0.15) is 5.75 Å². The monoisotopic (exact) mass is 504 g/mol. The molecule has 188 valence electrons. The van der Waals surface area contributed by atoms with Gasteiger partial charge in [0.25, 0.3) is 15.9 Å². The van der Waals surface area contributed by atoms with Gasteiger partial charge < -0.3 is 19.1 Å². The second kappa shape index (κ2) is 11.2. The fourth-order valence-electron chi connectivity index (χ4n) is 3.83. The van der Waals surface area contributed by atoms with Crippen LogP contribution in [0.5, 0.6) is 5.75 Å². The molecule has 1 saturated heterocycles. The zero-order valence-corrected chi connectivity index (χ0v) is 20.6. The van der Waals surface area contributed by atoms with Crippen molar-refractivity contribution in [2.75, 3.05) is 39.1 Å². The summed E-state index contributed by atoms with van der Waals surface area (Å²) in [5.41, 5.74) is -0.118. The maximum Gasteiger partial charge on any atom is 0.339 e. The molecule has 0 unspecified atom stereocenters. The largest absolute Gasteiger partial charge is 0.496 e. The van der Waals surface area contributed by atoms with Crippen molar-refractivity contribution in [1.29, 1.82) is 0 Å². The Morgan fingerprint density at radius 2 is 1.49 bits per heavy atom. The topological polar surface area (TPSA) is 128 Å². The first-order chi connectivity index (χ1) is 16.7. The lowest BCUT2D eigenvalue weighted by Gasteiger charge is -2.22. The second-order valence-electron chi connectivity index (χ2n) is 7.92. The van der Waals surface area contributed by atoms with E-state index in [1.807, 2.05) is 0 Å². The molecule has 1 heterocycles. The van der Waals surface area contributed by atoms with Crippen LogP contribution in [0.25, 0.3) is 0 Å². The molecular formula is C24H28N2O8S. The van der Waals surface area contributed by atoms with Crippen LogP contribution in [0.15, 0.2) is 41.3 Å². The molecule has 1 N–H and O–H groups in total. The highest BCUT2D eigenvalue weighted by Crippen LogP contribution is 2.28. The molecule has 1 amide bonds. The van der Waals surface area contributed by atoms with Crippen LogP contribution in [0, 0.1) is 0 Å². The summed E-state index contributed by atoms with van der Waals surface area (Å²) in [5, 5.41) is 0. The van der Waals surface area contributed by atoms with E-state index < -0.39 is 22.0 Å². The Morgan fingerprint density at radius 1 is 0.829 bits per heavy atom. The summed E-state index contributed by atoms with van der Waals surface area (Å²) in [6.07, 6.45) is 3.82. The van der Waals surface area contributed by atoms with Crippen molar-refractivity contribution in [1.82, 2.24) is 4.90 Å². The van der Waals surface area contributed by atoms with E-state index in [-0.39, 0.29) is 38.9 Å². The van der Waals surface area contributed by atoms with Crippen molar-refractivity contribution < 1.29 is 37.0 Å². The summed E-state index contributed by atoms with van der Waals surface area (Å²) in [6.45, 7) is 1.17. The standard InChI is InChI=1S/C24H28N2O8S/c1-32-21-11-9-17(15-19(21)22(27)26-12-6-4-5-7-13-26)35(30,31)25-20-14-16(23(28)33-2)8-10-18(20)24(29)34-3/h8-11,14-15,25H,4-7,12-13H2,1-3H3. The number of hydrogen-bond acceptors (Lipinski definition) is 8. The molecule has 0 aromatic heterocycles. The molecule has 1 aliphatic heterocycles. The molecule has 0 aliphatic carbocycles. The average Bonchev–Trinajstić information content (AvgIpc) is 3.16. The van der Waals surface area contributed by atoms with Crippen molar-refractivity contribution in [3.8, 4) is 5.75 Å². The Kier molecular flexibility index (Phi) is 8.34. The highest BCUT2D eigenvalue weighted by Gasteiger charge is 2.26. The molecule has 1 fully saturated rings. The summed E-state index contributed by atoms with van der Waals surface area (Å²) < 4.78 is 43.6. The highest BCUT2D eigenvalue weighted by molar-refractivity contribution is 7.92. The van der Waals surface area contributed by atoms with Gasteiger partial charge in [-0.3, -0.25) is 9.52 Å². The van der Waals surface area contributed by atoms with Crippen LogP contribution in [-0.2, 0) is 19.5 Å². The minimum Gasteiger partial charge on any atom is -0.496 e. The van der Waals surface area contributed by atoms with Gasteiger partial charge in [-0.05, 0) is 49.2 Å². The maximum absolute atomic E-state index is 13.3. The highest BCUT2D eigenvalue weighted by atomic mass is 32.2. The molecule has 2 aromatic rings. The Bertz CT molecular complexity index is 1220. The van der Waals surface area contributed by atoms with Crippen LogP contribution in [0.4, 0.5) is 5.69 Å². The zero-order chi connectivity index (χ0) is 25.6. The number of benzene rings is 2. The molecule has 0 atom stereocenters. The third-order valence-corrected chi connectivity index (χ3v) is 7.06. The average molecular weight is 505 g/mol. The van der Waals surface area contributed by atoms with Gasteiger partial charge in [-0.2, -0.15) is 0 Å². The Morgan fingerprint density at radius 3 is 2.09 bits per heavy atom. The van der Waals surface area contributed by atoms with Crippen LogP contribution in [0.2, 0.25) is 0 Å². The molecule has 35 heavy (non-hydrogen) atoms. The van der Waals surface area contributed by atoms with E-state index in [9.17, 15) is 22.8 Å². The smallest absolute Gasteiger partial charge is 0.339 e. The number of carbonyl (C=O) groups excluding carboxylic acids is 3. The third kappa shape index (κ3) is 5.91. The number of rotatable bonds is 7. The fourth-order valence-corrected chi connectivity index (χ4v) is 4.93. The number of anilines is 1. The fraction of sp³-hybridized carbons (Fsp3) is 0.375. The van der Waals surface area contributed by atoms with E-state index in [1.165, 1.54) is 50.6 Å². The number of hydrogen-bond donors (Lipinski definition) is 1. The number of likely N-dealkylation sites (tertiary alicyclic amines) is 1. The van der Waals surface area contributed by atoms with Gasteiger partial charge in [0.15, 0.2) is 0 Å². The molecule has 3 rings (SSSR count). The normalized spacial score (nSPS) is 14.0.